The molecule has 0 radical (unpaired) electrons. The molecule has 0 bridgehead atoms. The summed E-state index contributed by atoms with van der Waals surface area (Å²) < 4.78 is 92.5. The number of carbonyl (C=O) groups excluding carboxylic acids is 1. The van der Waals surface area contributed by atoms with Gasteiger partial charge in [0.15, 0.2) is 5.82 Å². The van der Waals surface area contributed by atoms with Crippen molar-refractivity contribution in [2.24, 2.45) is 11.8 Å². The summed E-state index contributed by atoms with van der Waals surface area (Å²) in [5.74, 6) is 1.87. The van der Waals surface area contributed by atoms with E-state index >= 15 is 0 Å². The summed E-state index contributed by atoms with van der Waals surface area (Å²) in [5.41, 5.74) is -1.37. The molecule has 262 valence electrons. The highest BCUT2D eigenvalue weighted by molar-refractivity contribution is 5.72. The molecule has 1 unspecified atom stereocenters. The maximum absolute atomic E-state index is 13.6. The van der Waals surface area contributed by atoms with Gasteiger partial charge >= 0.3 is 18.4 Å². The Morgan fingerprint density at radius 3 is 2.17 bits per heavy atom. The topological polar surface area (TPSA) is 105 Å². The van der Waals surface area contributed by atoms with E-state index in [4.69, 9.17) is 19.2 Å². The number of carbonyl (C=O) groups is 1. The molecule has 1 saturated carbocycles. The minimum absolute atomic E-state index is 0.0449. The molecular formula is C33H39F6N5O4. The number of hydrogen-bond donors (Lipinski definition) is 1. The normalized spacial score (nSPS) is 21.9. The van der Waals surface area contributed by atoms with Crippen LogP contribution in [-0.4, -0.2) is 57.0 Å². The first kappa shape index (κ1) is 35.4. The molecule has 2 aliphatic rings. The number of aliphatic hydroxyl groups is 1. The lowest BCUT2D eigenvalue weighted by Crippen LogP contribution is -2.36. The molecule has 1 aliphatic carbocycles. The number of aromatic nitrogens is 3. The van der Waals surface area contributed by atoms with Gasteiger partial charge in [0.2, 0.25) is 0 Å². The minimum Gasteiger partial charge on any atom is -0.439 e. The van der Waals surface area contributed by atoms with Crippen LogP contribution in [0, 0.1) is 25.7 Å². The van der Waals surface area contributed by atoms with Gasteiger partial charge in [-0.05, 0) is 82.6 Å². The van der Waals surface area contributed by atoms with Gasteiger partial charge in [-0.15, -0.1) is 0 Å². The second-order valence-electron chi connectivity index (χ2n) is 12.7. The first-order chi connectivity index (χ1) is 22.6. The molecule has 1 amide bonds. The lowest BCUT2D eigenvalue weighted by atomic mass is 9.80. The smallest absolute Gasteiger partial charge is 0.416 e. The molecule has 15 heteroatoms. The third kappa shape index (κ3) is 7.55. The van der Waals surface area contributed by atoms with Gasteiger partial charge in [-0.1, -0.05) is 18.0 Å². The summed E-state index contributed by atoms with van der Waals surface area (Å²) in [6.45, 7) is 8.20. The number of ether oxygens (including phenoxy) is 1. The number of benzene rings is 1. The highest BCUT2D eigenvalue weighted by Crippen LogP contribution is 2.42. The van der Waals surface area contributed by atoms with Crippen LogP contribution < -0.4 is 4.90 Å². The largest absolute Gasteiger partial charge is 0.439 e. The first-order valence-electron chi connectivity index (χ1n) is 16.0. The Hall–Kier alpha value is -3.88. The zero-order valence-corrected chi connectivity index (χ0v) is 27.2. The van der Waals surface area contributed by atoms with E-state index in [0.29, 0.717) is 71.3 Å². The molecular weight excluding hydrogens is 644 g/mol. The Bertz CT molecular complexity index is 1550. The Morgan fingerprint density at radius 2 is 1.62 bits per heavy atom. The monoisotopic (exact) mass is 683 g/mol. The molecule has 1 aliphatic heterocycles. The average molecular weight is 684 g/mol. The van der Waals surface area contributed by atoms with Crippen molar-refractivity contribution in [2.45, 2.75) is 90.8 Å². The van der Waals surface area contributed by atoms with Crippen LogP contribution in [0.25, 0.3) is 11.3 Å². The third-order valence-corrected chi connectivity index (χ3v) is 9.43. The molecule has 1 saturated heterocycles. The van der Waals surface area contributed by atoms with Gasteiger partial charge in [0.05, 0.1) is 46.9 Å². The fourth-order valence-electron chi connectivity index (χ4n) is 6.79. The van der Waals surface area contributed by atoms with Gasteiger partial charge in [-0.3, -0.25) is 4.90 Å². The first-order valence-corrected chi connectivity index (χ1v) is 16.0. The Balaban J connectivity index is 1.48. The van der Waals surface area contributed by atoms with Crippen molar-refractivity contribution in [3.05, 3.63) is 58.2 Å². The van der Waals surface area contributed by atoms with Gasteiger partial charge in [-0.25, -0.2) is 14.8 Å². The van der Waals surface area contributed by atoms with Gasteiger partial charge in [0.25, 0.3) is 0 Å². The number of nitrogens with zero attached hydrogens (tertiary/aromatic N) is 5. The number of halogens is 6. The van der Waals surface area contributed by atoms with E-state index in [9.17, 15) is 36.2 Å². The average Bonchev–Trinajstić information content (AvgIpc) is 3.52. The summed E-state index contributed by atoms with van der Waals surface area (Å²) in [6, 6.07) is 0.273. The lowest BCUT2D eigenvalue weighted by molar-refractivity contribution is -0.143. The molecule has 1 N–H and O–H groups in total. The molecule has 9 nitrogen and oxygen atoms in total. The fourth-order valence-corrected chi connectivity index (χ4v) is 6.79. The van der Waals surface area contributed by atoms with Crippen molar-refractivity contribution in [2.75, 3.05) is 24.6 Å². The Morgan fingerprint density at radius 1 is 1.00 bits per heavy atom. The zero-order chi connectivity index (χ0) is 35.0. The predicted molar refractivity (Wildman–Crippen MR) is 163 cm³/mol. The van der Waals surface area contributed by atoms with Crippen LogP contribution in [0.4, 0.5) is 37.0 Å². The maximum atomic E-state index is 13.6. The number of amides is 1. The number of anilines is 1. The number of rotatable bonds is 10. The fraction of sp³-hybridized carbons (Fsp3) is 0.576. The molecule has 2 fully saturated rings. The summed E-state index contributed by atoms with van der Waals surface area (Å²) in [6.07, 6.45) is -6.04. The summed E-state index contributed by atoms with van der Waals surface area (Å²) in [7, 11) is 0. The van der Waals surface area contributed by atoms with Crippen molar-refractivity contribution in [1.29, 1.82) is 0 Å². The van der Waals surface area contributed by atoms with Crippen LogP contribution in [0.2, 0.25) is 0 Å². The minimum atomic E-state index is -5.05. The predicted octanol–water partition coefficient (Wildman–Crippen LogP) is 7.88. The standard InChI is InChI=1S/C33H39F6N5O4/c1-5-43(16-22-8-6-21(7-9-22)10-11-45)30-27(41-26(15-40-30)28-18(2)42-48-20(28)4)17-44-19(3)29(47-31(44)46)23-12-24(32(34,35)36)14-25(13-23)33(37,38)39/h12-15,19,21-22,29,45H,5-11,16-17H2,1-4H3/t19-,21-,22-,29?/m0/s1. The van der Waals surface area contributed by atoms with Crippen molar-refractivity contribution < 1.29 is 45.5 Å². The Kier molecular flexibility index (Phi) is 10.3. The molecule has 2 aromatic heterocycles. The maximum Gasteiger partial charge on any atom is 0.416 e. The highest BCUT2D eigenvalue weighted by Gasteiger charge is 2.44. The van der Waals surface area contributed by atoms with E-state index in [0.717, 1.165) is 32.1 Å². The number of hydrogen-bond acceptors (Lipinski definition) is 8. The number of cyclic esters (lactones) is 1. The van der Waals surface area contributed by atoms with Crippen LogP contribution in [-0.2, 0) is 23.6 Å². The van der Waals surface area contributed by atoms with E-state index < -0.39 is 47.3 Å². The van der Waals surface area contributed by atoms with Crippen LogP contribution in [0.3, 0.4) is 0 Å². The van der Waals surface area contributed by atoms with Crippen molar-refractivity contribution in [3.8, 4) is 11.3 Å². The van der Waals surface area contributed by atoms with E-state index in [1.165, 1.54) is 11.8 Å². The zero-order valence-electron chi connectivity index (χ0n) is 27.2. The number of aryl methyl sites for hydroxylation is 2. The van der Waals surface area contributed by atoms with Crippen LogP contribution in [0.15, 0.2) is 28.9 Å². The molecule has 48 heavy (non-hydrogen) atoms. The molecule has 3 heterocycles. The summed E-state index contributed by atoms with van der Waals surface area (Å²) >= 11 is 0. The van der Waals surface area contributed by atoms with Gasteiger partial charge in [-0.2, -0.15) is 26.3 Å². The van der Waals surface area contributed by atoms with Gasteiger partial charge in [0, 0.05) is 19.7 Å². The van der Waals surface area contributed by atoms with E-state index in [2.05, 4.69) is 10.1 Å². The Labute approximate surface area is 274 Å². The SMILES string of the molecule is CCN(C[C@H]1CC[C@H](CCO)CC1)c1ncc(-c2c(C)noc2C)nc1CN1C(=O)OC(c2cc(C(F)(F)F)cc(C(F)(F)F)c2)[C@@H]1C. The van der Waals surface area contributed by atoms with Crippen LogP contribution in [0.1, 0.15) is 85.9 Å². The van der Waals surface area contributed by atoms with Crippen molar-refractivity contribution in [1.82, 2.24) is 20.0 Å². The van der Waals surface area contributed by atoms with Crippen LogP contribution in [0.5, 0.6) is 0 Å². The van der Waals surface area contributed by atoms with Crippen molar-refractivity contribution in [3.63, 3.8) is 0 Å². The van der Waals surface area contributed by atoms with E-state index in [1.807, 2.05) is 6.92 Å². The quantitative estimate of drug-likeness (QED) is 0.215. The summed E-state index contributed by atoms with van der Waals surface area (Å²) in [5, 5.41) is 13.3. The number of alkyl halides is 6. The van der Waals surface area contributed by atoms with Crippen LogP contribution >= 0.6 is 0 Å². The lowest BCUT2D eigenvalue weighted by Gasteiger charge is -2.33. The number of aliphatic hydroxyl groups excluding tert-OH is 1. The molecule has 3 aromatic rings. The molecule has 1 aromatic carbocycles. The highest BCUT2D eigenvalue weighted by atomic mass is 19.4. The van der Waals surface area contributed by atoms with E-state index in [-0.39, 0.29) is 19.2 Å². The van der Waals surface area contributed by atoms with E-state index in [1.54, 1.807) is 20.0 Å². The van der Waals surface area contributed by atoms with Crippen molar-refractivity contribution >= 4 is 11.9 Å². The third-order valence-electron chi connectivity index (χ3n) is 9.43. The molecule has 2 atom stereocenters. The summed E-state index contributed by atoms with van der Waals surface area (Å²) in [4.78, 5) is 26.2. The van der Waals surface area contributed by atoms with Gasteiger partial charge in [0.1, 0.15) is 17.6 Å². The second-order valence-corrected chi connectivity index (χ2v) is 12.7. The molecule has 0 spiro atoms. The molecule has 5 rings (SSSR count). The van der Waals surface area contributed by atoms with Gasteiger partial charge < -0.3 is 19.3 Å². The second kappa shape index (κ2) is 13.9.